The number of nitrogens with one attached hydrogen (secondary N) is 1. The molecule has 1 aliphatic heterocycles. The van der Waals surface area contributed by atoms with Crippen molar-refractivity contribution < 1.29 is 60.2 Å². The second-order valence-electron chi connectivity index (χ2n) is 7.10. The Morgan fingerprint density at radius 1 is 0.931 bits per heavy atom. The third kappa shape index (κ3) is 3.52. The predicted octanol–water partition coefficient (Wildman–Crippen LogP) is -4.07. The Hall–Kier alpha value is -2.07. The van der Waals surface area contributed by atoms with Crippen LogP contribution in [0.15, 0.2) is 18.2 Å². The Balaban J connectivity index is 2.11. The quantitative estimate of drug-likeness (QED) is 0.205. The van der Waals surface area contributed by atoms with Crippen molar-refractivity contribution in [3.8, 4) is 11.5 Å². The molecule has 0 aromatic heterocycles. The van der Waals surface area contributed by atoms with Gasteiger partial charge in [-0.1, -0.05) is 6.07 Å². The van der Waals surface area contributed by atoms with Gasteiger partial charge in [0.1, 0.15) is 0 Å². The van der Waals surface area contributed by atoms with Gasteiger partial charge in [-0.2, -0.15) is 0 Å². The van der Waals surface area contributed by atoms with Crippen LogP contribution in [0.3, 0.4) is 0 Å². The summed E-state index contributed by atoms with van der Waals surface area (Å²) in [6.45, 7) is 0. The molecule has 162 valence electrons. The molecule has 3 rings (SSSR count). The molecule has 29 heavy (non-hydrogen) atoms. The summed E-state index contributed by atoms with van der Waals surface area (Å²) in [6, 6.07) is 2.36. The highest BCUT2D eigenvalue weighted by molar-refractivity contribution is 5.88. The number of ether oxygens (including phenoxy) is 2. The first-order valence-electron chi connectivity index (χ1n) is 8.48. The molecule has 2 fully saturated rings. The van der Waals surface area contributed by atoms with Gasteiger partial charge in [0.05, 0.1) is 0 Å². The molecule has 10 N–H and O–H groups in total. The Morgan fingerprint density at radius 3 is 2.00 bits per heavy atom. The molecule has 2 aliphatic rings. The number of aliphatic hydroxyl groups is 9. The Labute approximate surface area is 162 Å². The van der Waals surface area contributed by atoms with Crippen LogP contribution in [0.25, 0.3) is 0 Å². The zero-order chi connectivity index (χ0) is 21.9. The van der Waals surface area contributed by atoms with Gasteiger partial charge in [-0.15, -0.1) is 0 Å². The minimum Gasteiger partial charge on any atom is -0.459 e. The van der Waals surface area contributed by atoms with Crippen LogP contribution < -0.4 is 14.8 Å². The second-order valence-corrected chi connectivity index (χ2v) is 7.10. The van der Waals surface area contributed by atoms with Gasteiger partial charge in [0.2, 0.25) is 11.4 Å². The Morgan fingerprint density at radius 2 is 1.52 bits per heavy atom. The van der Waals surface area contributed by atoms with Crippen molar-refractivity contribution in [3.05, 3.63) is 23.8 Å². The molecule has 1 aromatic carbocycles. The minimum absolute atomic E-state index is 0.164. The fourth-order valence-electron chi connectivity index (χ4n) is 3.42. The van der Waals surface area contributed by atoms with Gasteiger partial charge >= 0.3 is 6.16 Å². The van der Waals surface area contributed by atoms with E-state index in [-0.39, 0.29) is 12.8 Å². The maximum absolute atomic E-state index is 11.7. The molecule has 0 radical (unpaired) electrons. The number of rotatable bonds is 5. The Bertz CT molecular complexity index is 811. The van der Waals surface area contributed by atoms with Crippen LogP contribution in [0.5, 0.6) is 11.5 Å². The third-order valence-electron chi connectivity index (χ3n) is 4.91. The van der Waals surface area contributed by atoms with Crippen molar-refractivity contribution in [3.63, 3.8) is 0 Å². The lowest BCUT2D eigenvalue weighted by atomic mass is 9.84. The Kier molecular flexibility index (Phi) is 4.82. The molecular weight excluding hydrogens is 398 g/mol. The van der Waals surface area contributed by atoms with E-state index in [9.17, 15) is 35.4 Å². The average molecular weight is 419 g/mol. The standard InChI is InChI=1S/C16H21NO12/c18-11-14(21,22)13(20,15(23,24)17-11)8-3-4-9(29-16(25,26)27)10(7-8)28-12(19)5-1-2-6-12/h3-4,7,19-27H,1-2,5-6H2,(H,17,18). The smallest absolute Gasteiger partial charge is 0.453 e. The summed E-state index contributed by atoms with van der Waals surface area (Å²) in [7, 11) is 0. The highest BCUT2D eigenvalue weighted by Crippen LogP contribution is 2.47. The van der Waals surface area contributed by atoms with Crippen LogP contribution in [0.2, 0.25) is 0 Å². The molecule has 1 saturated heterocycles. The summed E-state index contributed by atoms with van der Waals surface area (Å²) in [5.74, 6) is -11.8. The van der Waals surface area contributed by atoms with Gasteiger partial charge in [-0.25, -0.2) is 0 Å². The minimum atomic E-state index is -3.70. The van der Waals surface area contributed by atoms with E-state index < -0.39 is 52.2 Å². The van der Waals surface area contributed by atoms with Gasteiger partial charge < -0.3 is 55.4 Å². The van der Waals surface area contributed by atoms with Crippen LogP contribution in [0, 0.1) is 0 Å². The molecule has 1 aromatic rings. The lowest BCUT2D eigenvalue weighted by molar-refractivity contribution is -0.420. The molecule has 13 nitrogen and oxygen atoms in total. The van der Waals surface area contributed by atoms with Crippen LogP contribution in [0.4, 0.5) is 0 Å². The second kappa shape index (κ2) is 6.46. The van der Waals surface area contributed by atoms with E-state index in [2.05, 4.69) is 4.74 Å². The molecule has 13 heteroatoms. The van der Waals surface area contributed by atoms with Crippen molar-refractivity contribution in [2.45, 2.75) is 54.9 Å². The maximum Gasteiger partial charge on any atom is 0.453 e. The zero-order valence-electron chi connectivity index (χ0n) is 14.8. The largest absolute Gasteiger partial charge is 0.459 e. The van der Waals surface area contributed by atoms with Gasteiger partial charge in [-0.3, -0.25) is 10.1 Å². The van der Waals surface area contributed by atoms with Crippen LogP contribution in [-0.2, 0) is 10.4 Å². The molecule has 1 atom stereocenters. The van der Waals surface area contributed by atoms with E-state index >= 15 is 0 Å². The van der Waals surface area contributed by atoms with Gasteiger partial charge in [0.15, 0.2) is 11.5 Å². The molecule has 1 unspecified atom stereocenters. The third-order valence-corrected chi connectivity index (χ3v) is 4.91. The van der Waals surface area contributed by atoms with Crippen molar-refractivity contribution in [1.29, 1.82) is 0 Å². The first-order valence-corrected chi connectivity index (χ1v) is 8.48. The molecule has 1 amide bonds. The van der Waals surface area contributed by atoms with Gasteiger partial charge in [0, 0.05) is 18.4 Å². The summed E-state index contributed by atoms with van der Waals surface area (Å²) in [4.78, 5) is 11.7. The molecule has 0 spiro atoms. The number of carbonyl (C=O) groups excluding carboxylic acids is 1. The fourth-order valence-corrected chi connectivity index (χ4v) is 3.42. The van der Waals surface area contributed by atoms with Crippen LogP contribution in [0.1, 0.15) is 31.2 Å². The highest BCUT2D eigenvalue weighted by atomic mass is 16.9. The van der Waals surface area contributed by atoms with Crippen molar-refractivity contribution in [1.82, 2.24) is 5.32 Å². The molecule has 1 aliphatic carbocycles. The monoisotopic (exact) mass is 419 g/mol. The SMILES string of the molecule is O=C1NC(O)(O)C(O)(c2ccc(OC(O)(O)O)c(OC3(O)CCCC3)c2)C1(O)O. The molecular formula is C16H21NO12. The highest BCUT2D eigenvalue weighted by Gasteiger charge is 2.73. The number of carbonyl (C=O) groups is 1. The normalized spacial score (nSPS) is 27.6. The first kappa shape index (κ1) is 21.6. The molecule has 0 bridgehead atoms. The predicted molar refractivity (Wildman–Crippen MR) is 86.9 cm³/mol. The van der Waals surface area contributed by atoms with Crippen molar-refractivity contribution in [2.24, 2.45) is 0 Å². The van der Waals surface area contributed by atoms with E-state index in [1.807, 2.05) is 0 Å². The number of hydrogen-bond acceptors (Lipinski definition) is 12. The number of benzene rings is 1. The van der Waals surface area contributed by atoms with Gasteiger partial charge in [-0.05, 0) is 25.0 Å². The zero-order valence-corrected chi connectivity index (χ0v) is 14.8. The number of hydrogen-bond donors (Lipinski definition) is 10. The summed E-state index contributed by atoms with van der Waals surface area (Å²) in [5.41, 5.74) is -4.14. The lowest BCUT2D eigenvalue weighted by Crippen LogP contribution is -2.62. The topological polar surface area (TPSA) is 230 Å². The summed E-state index contributed by atoms with van der Waals surface area (Å²) >= 11 is 0. The first-order chi connectivity index (χ1) is 13.1. The van der Waals surface area contributed by atoms with Crippen LogP contribution >= 0.6 is 0 Å². The summed E-state index contributed by atoms with van der Waals surface area (Å²) in [6.07, 6.45) is -2.15. The summed E-state index contributed by atoms with van der Waals surface area (Å²) < 4.78 is 9.88. The maximum atomic E-state index is 11.7. The number of amides is 1. The molecule has 1 saturated carbocycles. The van der Waals surface area contributed by atoms with E-state index in [4.69, 9.17) is 20.1 Å². The summed E-state index contributed by atoms with van der Waals surface area (Å²) in [5, 5.41) is 89.6. The van der Waals surface area contributed by atoms with E-state index in [1.165, 1.54) is 5.32 Å². The van der Waals surface area contributed by atoms with Crippen LogP contribution in [-0.4, -0.2) is 75.5 Å². The van der Waals surface area contributed by atoms with E-state index in [0.29, 0.717) is 12.8 Å². The van der Waals surface area contributed by atoms with Gasteiger partial charge in [0.25, 0.3) is 17.6 Å². The van der Waals surface area contributed by atoms with Crippen molar-refractivity contribution in [2.75, 3.05) is 0 Å². The molecule has 1 heterocycles. The lowest BCUT2D eigenvalue weighted by Gasteiger charge is -2.37. The van der Waals surface area contributed by atoms with E-state index in [0.717, 1.165) is 18.2 Å². The fraction of sp³-hybridized carbons (Fsp3) is 0.562. The average Bonchev–Trinajstić information content (AvgIpc) is 3.04. The van der Waals surface area contributed by atoms with E-state index in [1.54, 1.807) is 0 Å². The van der Waals surface area contributed by atoms with Crippen molar-refractivity contribution >= 4 is 5.91 Å².